The number of ether oxygens (including phenoxy) is 1. The van der Waals surface area contributed by atoms with Gasteiger partial charge in [-0.25, -0.2) is 0 Å². The molecule has 0 bridgehead atoms. The number of halogens is 4. The summed E-state index contributed by atoms with van der Waals surface area (Å²) in [7, 11) is 0. The van der Waals surface area contributed by atoms with Crippen LogP contribution in [0.5, 0.6) is 0 Å². The Kier molecular flexibility index (Phi) is 11.4. The number of carbonyl (C=O) groups excluding carboxylic acids is 1. The lowest BCUT2D eigenvalue weighted by molar-refractivity contribution is -0.137. The molecule has 0 atom stereocenters. The zero-order valence-electron chi connectivity index (χ0n) is 18.6. The molecule has 186 valence electrons. The van der Waals surface area contributed by atoms with Crippen molar-refractivity contribution in [3.8, 4) is 0 Å². The summed E-state index contributed by atoms with van der Waals surface area (Å²) >= 11 is 0. The molecule has 0 radical (unpaired) electrons. The topological polar surface area (TPSA) is 66.4 Å². The molecule has 0 unspecified atom stereocenters. The van der Waals surface area contributed by atoms with E-state index in [4.69, 9.17) is 9.57 Å². The van der Waals surface area contributed by atoms with E-state index in [1.54, 1.807) is 6.07 Å². The van der Waals surface area contributed by atoms with Gasteiger partial charge in [0.05, 0.1) is 24.5 Å². The summed E-state index contributed by atoms with van der Waals surface area (Å²) in [4.78, 5) is 21.8. The SMILES string of the molecule is Cl.O=C(CCNCCN1CCOCC1)N1CCC(=NOCc2cccc(C(F)(F)F)c2)CC1. The Bertz CT molecular complexity index is 763. The third-order valence-corrected chi connectivity index (χ3v) is 5.60. The maximum atomic E-state index is 12.8. The summed E-state index contributed by atoms with van der Waals surface area (Å²) in [6.45, 7) is 7.10. The van der Waals surface area contributed by atoms with Crippen molar-refractivity contribution < 1.29 is 27.5 Å². The van der Waals surface area contributed by atoms with E-state index in [-0.39, 0.29) is 24.9 Å². The first-order valence-corrected chi connectivity index (χ1v) is 11.0. The first kappa shape index (κ1) is 27.4. The van der Waals surface area contributed by atoms with Gasteiger partial charge in [-0.15, -0.1) is 12.4 Å². The predicted molar refractivity (Wildman–Crippen MR) is 121 cm³/mol. The third-order valence-electron chi connectivity index (χ3n) is 5.60. The molecule has 0 aromatic heterocycles. The highest BCUT2D eigenvalue weighted by atomic mass is 35.5. The van der Waals surface area contributed by atoms with E-state index >= 15 is 0 Å². The van der Waals surface area contributed by atoms with Crippen LogP contribution in [-0.4, -0.2) is 80.4 Å². The lowest BCUT2D eigenvalue weighted by Crippen LogP contribution is -2.42. The molecule has 2 fully saturated rings. The Labute approximate surface area is 198 Å². The van der Waals surface area contributed by atoms with Crippen LogP contribution >= 0.6 is 12.4 Å². The first-order valence-electron chi connectivity index (χ1n) is 11.0. The maximum Gasteiger partial charge on any atom is 0.416 e. The molecule has 1 aromatic rings. The third kappa shape index (κ3) is 9.48. The highest BCUT2D eigenvalue weighted by Crippen LogP contribution is 2.29. The van der Waals surface area contributed by atoms with Crippen molar-refractivity contribution >= 4 is 24.0 Å². The van der Waals surface area contributed by atoms with E-state index in [0.717, 1.165) is 57.2 Å². The number of oxime groups is 1. The monoisotopic (exact) mass is 492 g/mol. The van der Waals surface area contributed by atoms with Crippen LogP contribution in [0.3, 0.4) is 0 Å². The van der Waals surface area contributed by atoms with Gasteiger partial charge in [-0.3, -0.25) is 9.69 Å². The molecular weight excluding hydrogens is 461 g/mol. The fourth-order valence-electron chi connectivity index (χ4n) is 3.68. The molecule has 2 saturated heterocycles. The normalized spacial score (nSPS) is 17.4. The van der Waals surface area contributed by atoms with Gasteiger partial charge >= 0.3 is 6.18 Å². The van der Waals surface area contributed by atoms with Crippen LogP contribution in [0.25, 0.3) is 0 Å². The zero-order chi connectivity index (χ0) is 22.8. The maximum absolute atomic E-state index is 12.8. The number of alkyl halides is 3. The summed E-state index contributed by atoms with van der Waals surface area (Å²) < 4.78 is 43.6. The largest absolute Gasteiger partial charge is 0.416 e. The summed E-state index contributed by atoms with van der Waals surface area (Å²) in [5.41, 5.74) is 0.538. The highest BCUT2D eigenvalue weighted by molar-refractivity contribution is 5.87. The number of likely N-dealkylation sites (tertiary alicyclic amines) is 1. The van der Waals surface area contributed by atoms with Gasteiger partial charge in [-0.05, 0) is 17.7 Å². The highest BCUT2D eigenvalue weighted by Gasteiger charge is 2.30. The Balaban J connectivity index is 0.00000385. The minimum Gasteiger partial charge on any atom is -0.391 e. The molecule has 7 nitrogen and oxygen atoms in total. The number of hydrogen-bond donors (Lipinski definition) is 1. The molecule has 0 aliphatic carbocycles. The van der Waals surface area contributed by atoms with Gasteiger partial charge in [-0.2, -0.15) is 13.2 Å². The number of rotatable bonds is 9. The van der Waals surface area contributed by atoms with E-state index < -0.39 is 11.7 Å². The summed E-state index contributed by atoms with van der Waals surface area (Å²) in [6.07, 6.45) is -2.70. The summed E-state index contributed by atoms with van der Waals surface area (Å²) in [5.74, 6) is 0.118. The molecule has 0 saturated carbocycles. The molecule has 1 aromatic carbocycles. The van der Waals surface area contributed by atoms with Crippen molar-refractivity contribution in [2.24, 2.45) is 5.16 Å². The number of nitrogens with one attached hydrogen (secondary N) is 1. The zero-order valence-corrected chi connectivity index (χ0v) is 19.4. The molecule has 11 heteroatoms. The van der Waals surface area contributed by atoms with Crippen LogP contribution < -0.4 is 5.32 Å². The molecule has 3 rings (SSSR count). The van der Waals surface area contributed by atoms with Gasteiger partial charge in [0.1, 0.15) is 6.61 Å². The lowest BCUT2D eigenvalue weighted by atomic mass is 10.1. The minimum atomic E-state index is -4.38. The van der Waals surface area contributed by atoms with Gasteiger partial charge in [-0.1, -0.05) is 17.3 Å². The molecule has 1 N–H and O–H groups in total. The molecule has 33 heavy (non-hydrogen) atoms. The van der Waals surface area contributed by atoms with Crippen molar-refractivity contribution in [3.63, 3.8) is 0 Å². The van der Waals surface area contributed by atoms with Gasteiger partial charge < -0.3 is 19.8 Å². The fourth-order valence-corrected chi connectivity index (χ4v) is 3.68. The van der Waals surface area contributed by atoms with Crippen molar-refractivity contribution in [2.45, 2.75) is 32.0 Å². The molecule has 2 aliphatic heterocycles. The van der Waals surface area contributed by atoms with Crippen molar-refractivity contribution in [2.75, 3.05) is 59.0 Å². The van der Waals surface area contributed by atoms with Crippen LogP contribution in [0, 0.1) is 0 Å². The summed E-state index contributed by atoms with van der Waals surface area (Å²) in [5, 5.41) is 7.39. The van der Waals surface area contributed by atoms with E-state index in [2.05, 4.69) is 15.4 Å². The van der Waals surface area contributed by atoms with Gasteiger partial charge in [0, 0.05) is 65.1 Å². The number of nitrogens with zero attached hydrogens (tertiary/aromatic N) is 3. The van der Waals surface area contributed by atoms with E-state index in [1.807, 2.05) is 4.90 Å². The fraction of sp³-hybridized carbons (Fsp3) is 0.636. The molecule has 1 amide bonds. The predicted octanol–water partition coefficient (Wildman–Crippen LogP) is 2.93. The second-order valence-corrected chi connectivity index (χ2v) is 7.96. The Morgan fingerprint density at radius 2 is 1.85 bits per heavy atom. The van der Waals surface area contributed by atoms with E-state index in [9.17, 15) is 18.0 Å². The molecular formula is C22H32ClF3N4O3. The number of morpholine rings is 1. The van der Waals surface area contributed by atoms with Crippen LogP contribution in [0.15, 0.2) is 29.4 Å². The van der Waals surface area contributed by atoms with Crippen LogP contribution in [0.1, 0.15) is 30.4 Å². The number of carbonyl (C=O) groups is 1. The van der Waals surface area contributed by atoms with Crippen molar-refractivity contribution in [1.29, 1.82) is 0 Å². The van der Waals surface area contributed by atoms with E-state index in [0.29, 0.717) is 44.5 Å². The molecule has 0 spiro atoms. The lowest BCUT2D eigenvalue weighted by Gasteiger charge is -2.28. The average molecular weight is 493 g/mol. The summed E-state index contributed by atoms with van der Waals surface area (Å²) in [6, 6.07) is 5.03. The smallest absolute Gasteiger partial charge is 0.391 e. The number of piperidine rings is 1. The second-order valence-electron chi connectivity index (χ2n) is 7.96. The number of hydrogen-bond acceptors (Lipinski definition) is 6. The Morgan fingerprint density at radius 3 is 2.55 bits per heavy atom. The Morgan fingerprint density at radius 1 is 1.12 bits per heavy atom. The van der Waals surface area contributed by atoms with Crippen LogP contribution in [0.2, 0.25) is 0 Å². The second kappa shape index (κ2) is 13.7. The van der Waals surface area contributed by atoms with Gasteiger partial charge in [0.25, 0.3) is 0 Å². The van der Waals surface area contributed by atoms with Crippen molar-refractivity contribution in [1.82, 2.24) is 15.1 Å². The minimum absolute atomic E-state index is 0. The number of benzene rings is 1. The van der Waals surface area contributed by atoms with Gasteiger partial charge in [0.15, 0.2) is 0 Å². The van der Waals surface area contributed by atoms with Crippen LogP contribution in [-0.2, 0) is 27.2 Å². The van der Waals surface area contributed by atoms with Gasteiger partial charge in [0.2, 0.25) is 5.91 Å². The molecule has 2 aliphatic rings. The first-order chi connectivity index (χ1) is 15.4. The van der Waals surface area contributed by atoms with Crippen molar-refractivity contribution in [3.05, 3.63) is 35.4 Å². The Hall–Kier alpha value is -1.88. The quantitative estimate of drug-likeness (QED) is 0.424. The average Bonchev–Trinajstić information content (AvgIpc) is 2.79. The van der Waals surface area contributed by atoms with E-state index in [1.165, 1.54) is 6.07 Å². The number of amides is 1. The molecule has 2 heterocycles. The standard InChI is InChI=1S/C22H31F3N4O3.ClH/c23-22(24,25)19-3-1-2-18(16-19)17-32-27-20-5-9-29(10-6-20)21(30)4-7-26-8-11-28-12-14-31-15-13-28;/h1-3,16,26H,4-15,17H2;1H. The van der Waals surface area contributed by atoms with Crippen LogP contribution in [0.4, 0.5) is 13.2 Å².